The van der Waals surface area contributed by atoms with E-state index in [-0.39, 0.29) is 0 Å². The van der Waals surface area contributed by atoms with E-state index in [1.54, 1.807) is 0 Å². The molecule has 2 atom stereocenters. The zero-order valence-electron chi connectivity index (χ0n) is 12.1. The van der Waals surface area contributed by atoms with Gasteiger partial charge in [-0.15, -0.1) is 0 Å². The van der Waals surface area contributed by atoms with E-state index in [1.807, 2.05) is 0 Å². The molecule has 1 heterocycles. The van der Waals surface area contributed by atoms with Gasteiger partial charge < -0.3 is 10.1 Å². The Bertz CT molecular complexity index is 560. The zero-order valence-corrected chi connectivity index (χ0v) is 12.1. The van der Waals surface area contributed by atoms with E-state index in [0.29, 0.717) is 12.1 Å². The van der Waals surface area contributed by atoms with Crippen LogP contribution in [-0.2, 0) is 4.74 Å². The van der Waals surface area contributed by atoms with Crippen molar-refractivity contribution in [1.29, 1.82) is 0 Å². The van der Waals surface area contributed by atoms with E-state index in [0.717, 1.165) is 19.4 Å². The van der Waals surface area contributed by atoms with Crippen molar-refractivity contribution < 1.29 is 4.74 Å². The standard InChI is InChI=1S/C18H23NO/c1-19-18(11-10-17-7-4-12-20-17)16-9-8-14-5-2-3-6-15(14)13-16/h2-3,5-6,8-9,13,17-19H,4,7,10-12H2,1H3. The van der Waals surface area contributed by atoms with Crippen LogP contribution in [0.2, 0.25) is 0 Å². The van der Waals surface area contributed by atoms with E-state index in [4.69, 9.17) is 4.74 Å². The lowest BCUT2D eigenvalue weighted by Gasteiger charge is -2.19. The minimum atomic E-state index is 0.420. The third-order valence-electron chi connectivity index (χ3n) is 4.33. The largest absolute Gasteiger partial charge is 0.378 e. The van der Waals surface area contributed by atoms with Gasteiger partial charge in [0.15, 0.2) is 0 Å². The Labute approximate surface area is 121 Å². The highest BCUT2D eigenvalue weighted by Gasteiger charge is 2.18. The summed E-state index contributed by atoms with van der Waals surface area (Å²) >= 11 is 0. The maximum Gasteiger partial charge on any atom is 0.0576 e. The van der Waals surface area contributed by atoms with Crippen molar-refractivity contribution >= 4 is 10.8 Å². The molecule has 0 amide bonds. The molecule has 2 heteroatoms. The highest BCUT2D eigenvalue weighted by Crippen LogP contribution is 2.26. The molecule has 1 N–H and O–H groups in total. The van der Waals surface area contributed by atoms with Crippen LogP contribution in [0.25, 0.3) is 10.8 Å². The molecule has 0 saturated carbocycles. The van der Waals surface area contributed by atoms with Crippen molar-refractivity contribution in [2.75, 3.05) is 13.7 Å². The summed E-state index contributed by atoms with van der Waals surface area (Å²) in [4.78, 5) is 0. The minimum absolute atomic E-state index is 0.420. The van der Waals surface area contributed by atoms with E-state index >= 15 is 0 Å². The molecule has 3 rings (SSSR count). The number of fused-ring (bicyclic) bond motifs is 1. The van der Waals surface area contributed by atoms with E-state index in [2.05, 4.69) is 54.8 Å². The number of nitrogens with one attached hydrogen (secondary N) is 1. The number of ether oxygens (including phenoxy) is 1. The Balaban J connectivity index is 1.72. The van der Waals surface area contributed by atoms with Gasteiger partial charge in [-0.1, -0.05) is 36.4 Å². The summed E-state index contributed by atoms with van der Waals surface area (Å²) in [6.07, 6.45) is 5.22. The Kier molecular flexibility index (Phi) is 4.34. The molecular formula is C18H23NO. The molecule has 106 valence electrons. The third kappa shape index (κ3) is 3.02. The summed E-state index contributed by atoms with van der Waals surface area (Å²) < 4.78 is 5.73. The Morgan fingerprint density at radius 3 is 2.80 bits per heavy atom. The molecule has 2 unspecified atom stereocenters. The molecule has 20 heavy (non-hydrogen) atoms. The van der Waals surface area contributed by atoms with Crippen LogP contribution in [0.4, 0.5) is 0 Å². The summed E-state index contributed by atoms with van der Waals surface area (Å²) in [6.45, 7) is 0.949. The van der Waals surface area contributed by atoms with Gasteiger partial charge in [-0.05, 0) is 55.1 Å². The van der Waals surface area contributed by atoms with Crippen LogP contribution in [0.15, 0.2) is 42.5 Å². The first-order chi connectivity index (χ1) is 9.86. The Morgan fingerprint density at radius 2 is 2.05 bits per heavy atom. The Hall–Kier alpha value is -1.38. The summed E-state index contributed by atoms with van der Waals surface area (Å²) in [6, 6.07) is 15.8. The average Bonchev–Trinajstić information content (AvgIpc) is 3.01. The van der Waals surface area contributed by atoms with Gasteiger partial charge in [-0.2, -0.15) is 0 Å². The molecule has 2 nitrogen and oxygen atoms in total. The van der Waals surface area contributed by atoms with Crippen LogP contribution in [-0.4, -0.2) is 19.8 Å². The second-order valence-corrected chi connectivity index (χ2v) is 5.66. The topological polar surface area (TPSA) is 21.3 Å². The van der Waals surface area contributed by atoms with E-state index in [1.165, 1.54) is 29.2 Å². The monoisotopic (exact) mass is 269 g/mol. The highest BCUT2D eigenvalue weighted by molar-refractivity contribution is 5.83. The molecule has 0 spiro atoms. The second kappa shape index (κ2) is 6.38. The lowest BCUT2D eigenvalue weighted by Crippen LogP contribution is -2.18. The molecule has 1 saturated heterocycles. The summed E-state index contributed by atoms with van der Waals surface area (Å²) in [5.74, 6) is 0. The van der Waals surface area contributed by atoms with Crippen LogP contribution < -0.4 is 5.32 Å². The van der Waals surface area contributed by atoms with E-state index in [9.17, 15) is 0 Å². The molecule has 0 aliphatic carbocycles. The maximum absolute atomic E-state index is 5.73. The predicted molar refractivity (Wildman–Crippen MR) is 84.0 cm³/mol. The van der Waals surface area contributed by atoms with Crippen molar-refractivity contribution in [2.24, 2.45) is 0 Å². The second-order valence-electron chi connectivity index (χ2n) is 5.66. The average molecular weight is 269 g/mol. The van der Waals surface area contributed by atoms with Gasteiger partial charge in [0, 0.05) is 12.6 Å². The number of hydrogen-bond acceptors (Lipinski definition) is 2. The van der Waals surface area contributed by atoms with Gasteiger partial charge in [0.1, 0.15) is 0 Å². The summed E-state index contributed by atoms with van der Waals surface area (Å²) in [5, 5.41) is 6.08. The molecular weight excluding hydrogens is 246 g/mol. The van der Waals surface area contributed by atoms with Gasteiger partial charge >= 0.3 is 0 Å². The fourth-order valence-corrected chi connectivity index (χ4v) is 3.13. The van der Waals surface area contributed by atoms with Crippen LogP contribution in [0.3, 0.4) is 0 Å². The quantitative estimate of drug-likeness (QED) is 0.884. The minimum Gasteiger partial charge on any atom is -0.378 e. The van der Waals surface area contributed by atoms with Crippen LogP contribution >= 0.6 is 0 Å². The predicted octanol–water partition coefficient (Wildman–Crippen LogP) is 4.06. The molecule has 0 radical (unpaired) electrons. The molecule has 2 aromatic rings. The Morgan fingerprint density at radius 1 is 1.20 bits per heavy atom. The van der Waals surface area contributed by atoms with Crippen molar-refractivity contribution in [3.05, 3.63) is 48.0 Å². The number of benzene rings is 2. The molecule has 1 aliphatic heterocycles. The van der Waals surface area contributed by atoms with Crippen molar-refractivity contribution in [2.45, 2.75) is 37.8 Å². The van der Waals surface area contributed by atoms with Crippen LogP contribution in [0.5, 0.6) is 0 Å². The van der Waals surface area contributed by atoms with Gasteiger partial charge in [-0.25, -0.2) is 0 Å². The van der Waals surface area contributed by atoms with Crippen molar-refractivity contribution in [1.82, 2.24) is 5.32 Å². The number of rotatable bonds is 5. The normalized spacial score (nSPS) is 20.4. The fourth-order valence-electron chi connectivity index (χ4n) is 3.13. The molecule has 2 aromatic carbocycles. The van der Waals surface area contributed by atoms with Gasteiger partial charge in [0.05, 0.1) is 6.10 Å². The molecule has 0 aromatic heterocycles. The van der Waals surface area contributed by atoms with Crippen molar-refractivity contribution in [3.8, 4) is 0 Å². The maximum atomic E-state index is 5.73. The lowest BCUT2D eigenvalue weighted by molar-refractivity contribution is 0.0998. The SMILES string of the molecule is CNC(CCC1CCCO1)c1ccc2ccccc2c1. The fraction of sp³-hybridized carbons (Fsp3) is 0.444. The van der Waals surface area contributed by atoms with E-state index < -0.39 is 0 Å². The smallest absolute Gasteiger partial charge is 0.0576 e. The van der Waals surface area contributed by atoms with Crippen molar-refractivity contribution in [3.63, 3.8) is 0 Å². The summed E-state index contributed by atoms with van der Waals surface area (Å²) in [5.41, 5.74) is 1.38. The molecule has 0 bridgehead atoms. The first-order valence-corrected chi connectivity index (χ1v) is 7.64. The molecule has 1 aliphatic rings. The third-order valence-corrected chi connectivity index (χ3v) is 4.33. The zero-order chi connectivity index (χ0) is 13.8. The van der Waals surface area contributed by atoms with Gasteiger partial charge in [0.2, 0.25) is 0 Å². The summed E-state index contributed by atoms with van der Waals surface area (Å²) in [7, 11) is 2.05. The number of hydrogen-bond donors (Lipinski definition) is 1. The van der Waals surface area contributed by atoms with Gasteiger partial charge in [0.25, 0.3) is 0 Å². The first kappa shape index (κ1) is 13.6. The first-order valence-electron chi connectivity index (χ1n) is 7.64. The van der Waals surface area contributed by atoms with Crippen LogP contribution in [0.1, 0.15) is 37.3 Å². The lowest BCUT2D eigenvalue weighted by atomic mass is 9.97. The highest BCUT2D eigenvalue weighted by atomic mass is 16.5. The molecule has 1 fully saturated rings. The van der Waals surface area contributed by atoms with Crippen LogP contribution in [0, 0.1) is 0 Å². The van der Waals surface area contributed by atoms with Gasteiger partial charge in [-0.3, -0.25) is 0 Å².